The van der Waals surface area contributed by atoms with E-state index in [2.05, 4.69) is 104 Å². The number of aromatic hydroxyl groups is 1. The number of nitrogens with zero attached hydrogens (tertiary/aromatic N) is 1. The van der Waals surface area contributed by atoms with E-state index in [0.29, 0.717) is 11.3 Å². The molecule has 0 saturated carbocycles. The zero-order valence-corrected chi connectivity index (χ0v) is 56.7. The molecule has 2 aromatic rings. The number of aliphatic carboxylic acids is 3. The summed E-state index contributed by atoms with van der Waals surface area (Å²) in [7, 11) is 0. The fraction of sp³-hybridized carbons (Fsp3) is 0.544. The van der Waals surface area contributed by atoms with Crippen LogP contribution in [0, 0.1) is 5.92 Å². The molecule has 1 heterocycles. The first-order valence-corrected chi connectivity index (χ1v) is 32.9. The van der Waals surface area contributed by atoms with Crippen molar-refractivity contribution in [1.82, 2.24) is 79.1 Å². The number of carbonyl (C=O) groups is 17. The molecule has 99 heavy (non-hydrogen) atoms. The summed E-state index contributed by atoms with van der Waals surface area (Å²) in [6, 6.07) is -10.0. The summed E-state index contributed by atoms with van der Waals surface area (Å²) in [5, 5.41) is 78.5. The lowest BCUT2D eigenvalue weighted by Crippen LogP contribution is -2.62. The molecule has 42 heteroatoms. The summed E-state index contributed by atoms with van der Waals surface area (Å²) in [4.78, 5) is 227. The second-order valence-corrected chi connectivity index (χ2v) is 24.0. The van der Waals surface area contributed by atoms with E-state index in [4.69, 9.17) is 16.6 Å². The number of aliphatic hydroxyl groups is 1. The second kappa shape index (κ2) is 44.2. The Bertz CT molecular complexity index is 3170. The van der Waals surface area contributed by atoms with Gasteiger partial charge in [-0.05, 0) is 61.8 Å². The Hall–Kier alpha value is -9.81. The van der Waals surface area contributed by atoms with Gasteiger partial charge in [0.1, 0.15) is 60.1 Å². The molecule has 2 rings (SSSR count). The number of rotatable bonds is 46. The zero-order chi connectivity index (χ0) is 74.6. The summed E-state index contributed by atoms with van der Waals surface area (Å²) in [5.74, 6) is -19.9. The number of phenols is 1. The van der Waals surface area contributed by atoms with Crippen LogP contribution in [0.3, 0.4) is 0 Å². The molecule has 0 aliphatic rings. The number of thioether (sulfide) groups is 1. The number of hydrogen-bond donors (Lipinski definition) is 23. The van der Waals surface area contributed by atoms with E-state index in [1.807, 2.05) is 0 Å². The Morgan fingerprint density at radius 1 is 0.515 bits per heavy atom. The van der Waals surface area contributed by atoms with Gasteiger partial charge in [0.25, 0.3) is 0 Å². The van der Waals surface area contributed by atoms with Crippen LogP contribution in [0.4, 0.5) is 0 Å². The van der Waals surface area contributed by atoms with E-state index < -0.39 is 238 Å². The minimum atomic E-state index is -1.96. The predicted octanol–water partition coefficient (Wildman–Crippen LogP) is -8.61. The second-order valence-electron chi connectivity index (χ2n) is 22.3. The van der Waals surface area contributed by atoms with Gasteiger partial charge in [-0.15, -0.1) is 0 Å². The maximum absolute atomic E-state index is 14.2. The van der Waals surface area contributed by atoms with Crippen LogP contribution >= 0.6 is 37.0 Å². The lowest BCUT2D eigenvalue weighted by molar-refractivity contribution is -0.141. The number of aromatic amines is 1. The number of carboxylic acid groups (broad SMARTS) is 3. The van der Waals surface area contributed by atoms with Crippen molar-refractivity contribution in [2.75, 3.05) is 49.7 Å². The number of primary amides is 1. The maximum atomic E-state index is 14.2. The van der Waals surface area contributed by atoms with Gasteiger partial charge in [0.05, 0.1) is 51.1 Å². The highest BCUT2D eigenvalue weighted by molar-refractivity contribution is 7.98. The topological polar surface area (TPSA) is 628 Å². The molecule has 0 saturated heterocycles. The number of thiol groups is 2. The van der Waals surface area contributed by atoms with Gasteiger partial charge >= 0.3 is 17.9 Å². The van der Waals surface area contributed by atoms with Gasteiger partial charge in [0.2, 0.25) is 82.7 Å². The summed E-state index contributed by atoms with van der Waals surface area (Å²) in [6.45, 7) is 0.607. The maximum Gasteiger partial charge on any atom is 0.327 e. The minimum Gasteiger partial charge on any atom is -0.508 e. The molecule has 0 radical (unpaired) electrons. The number of aromatic nitrogens is 2. The third-order valence-corrected chi connectivity index (χ3v) is 15.3. The van der Waals surface area contributed by atoms with Gasteiger partial charge in [-0.3, -0.25) is 76.7 Å². The standard InChI is InChI=1S/C57H85N17O22S3/c1-26(2)46(73-43(81)20-61-40(78)19-62-50(88)35(15-28-5-7-30(76)8-6-28)71-53(91)34(13-14-99-4)68-48(86)31(58)23-97)55(93)74-47(27(3)75)56(94)70-33(10-12-45(84)85)52(90)72-36(16-29-18-60-25-65-29)54(92)69-32(9-11-44(82)83)49(87)63-21-41(79)66-37(17-39(59)77)51(89)64-22-42(80)67-38(24-98)57(95)96/h5-8,18,25-27,31-38,46-47,75-76,97-98H,9-17,19-24,58H2,1-4H3,(H2,59,77)(H,60,65)(H,61,78)(H,62,88)(H,63,87)(H,64,89)(H,66,79)(H,67,80)(H,68,86)(H,69,92)(H,70,94)(H,71,91)(H,72,90)(H,73,81)(H,74,93)(H,82,83)(H,84,85)(H,95,96)/t27-,31+,32+,33+,34+,35+,36+,37+,38+,46+,47+/m1/s1. The molecule has 1 aromatic carbocycles. The van der Waals surface area contributed by atoms with E-state index in [1.165, 1.54) is 62.4 Å². The van der Waals surface area contributed by atoms with Crippen molar-refractivity contribution in [1.29, 1.82) is 0 Å². The Morgan fingerprint density at radius 2 is 0.960 bits per heavy atom. The van der Waals surface area contributed by atoms with Crippen molar-refractivity contribution in [3.63, 3.8) is 0 Å². The third-order valence-electron chi connectivity index (χ3n) is 13.9. The molecule has 0 fully saturated rings. The first-order valence-electron chi connectivity index (χ1n) is 30.2. The first kappa shape index (κ1) is 85.3. The van der Waals surface area contributed by atoms with Crippen molar-refractivity contribution >= 4 is 138 Å². The molecule has 0 aliphatic carbocycles. The summed E-state index contributed by atoms with van der Waals surface area (Å²) < 4.78 is 0. The summed E-state index contributed by atoms with van der Waals surface area (Å²) >= 11 is 9.21. The molecule has 0 aliphatic heterocycles. The fourth-order valence-corrected chi connectivity index (χ4v) is 9.41. The van der Waals surface area contributed by atoms with Crippen molar-refractivity contribution in [3.05, 3.63) is 48.0 Å². The summed E-state index contributed by atoms with van der Waals surface area (Å²) in [5.41, 5.74) is 11.6. The van der Waals surface area contributed by atoms with Crippen molar-refractivity contribution in [2.24, 2.45) is 17.4 Å². The number of nitrogens with one attached hydrogen (secondary N) is 14. The number of imidazole rings is 1. The molecule has 39 nitrogen and oxygen atoms in total. The largest absolute Gasteiger partial charge is 0.508 e. The number of aliphatic hydroxyl groups excluding tert-OH is 1. The van der Waals surface area contributed by atoms with Crippen LogP contribution in [0.5, 0.6) is 5.75 Å². The number of hydrogen-bond acceptors (Lipinski definition) is 24. The lowest BCUT2D eigenvalue weighted by atomic mass is 10.0. The Balaban J connectivity index is 2.26. The number of carboxylic acids is 3. The molecule has 14 amide bonds. The Morgan fingerprint density at radius 3 is 1.44 bits per heavy atom. The monoisotopic (exact) mass is 1460 g/mol. The predicted molar refractivity (Wildman–Crippen MR) is 354 cm³/mol. The smallest absolute Gasteiger partial charge is 0.327 e. The van der Waals surface area contributed by atoms with E-state index >= 15 is 0 Å². The third kappa shape index (κ3) is 32.9. The van der Waals surface area contributed by atoms with E-state index in [1.54, 1.807) is 6.26 Å². The van der Waals surface area contributed by atoms with Gasteiger partial charge in [-0.1, -0.05) is 26.0 Å². The van der Waals surface area contributed by atoms with Crippen molar-refractivity contribution < 1.29 is 107 Å². The number of carbonyl (C=O) groups excluding carboxylic acids is 14. The van der Waals surface area contributed by atoms with Crippen LogP contribution in [0.15, 0.2) is 36.8 Å². The number of nitrogens with two attached hydrogens (primary N) is 2. The molecule has 0 unspecified atom stereocenters. The average molecular weight is 1460 g/mol. The number of H-pyrrole nitrogens is 1. The highest BCUT2D eigenvalue weighted by Gasteiger charge is 2.37. The molecule has 23 N–H and O–H groups in total. The molecular formula is C57H85N17O22S3. The van der Waals surface area contributed by atoms with Gasteiger partial charge in [0.15, 0.2) is 0 Å². The highest BCUT2D eigenvalue weighted by atomic mass is 32.2. The molecule has 548 valence electrons. The van der Waals surface area contributed by atoms with Crippen LogP contribution < -0.4 is 80.6 Å². The molecule has 1 aromatic heterocycles. The molecular weight excluding hydrogens is 1370 g/mol. The molecule has 0 bridgehead atoms. The van der Waals surface area contributed by atoms with E-state index in [9.17, 15) is 102 Å². The number of phenolic OH excluding ortho intramolecular Hbond substituents is 1. The van der Waals surface area contributed by atoms with Gasteiger partial charge in [-0.2, -0.15) is 37.0 Å². The number of amides is 14. The van der Waals surface area contributed by atoms with Gasteiger partial charge in [-0.25, -0.2) is 9.78 Å². The normalized spacial score (nSPS) is 14.2. The zero-order valence-electron chi connectivity index (χ0n) is 54.1. The van der Waals surface area contributed by atoms with Crippen LogP contribution in [0.25, 0.3) is 0 Å². The van der Waals surface area contributed by atoms with Crippen LogP contribution in [0.1, 0.15) is 70.6 Å². The minimum absolute atomic E-state index is 0.0276. The summed E-state index contributed by atoms with van der Waals surface area (Å²) in [6.07, 6.45) is -1.93. The van der Waals surface area contributed by atoms with Gasteiger partial charge < -0.3 is 111 Å². The van der Waals surface area contributed by atoms with Crippen LogP contribution in [-0.2, 0) is 94.3 Å². The quantitative estimate of drug-likeness (QED) is 0.0274. The van der Waals surface area contributed by atoms with Crippen LogP contribution in [-0.4, -0.2) is 252 Å². The average Bonchev–Trinajstić information content (AvgIpc) is 1.26. The lowest BCUT2D eigenvalue weighted by Gasteiger charge is -2.28. The van der Waals surface area contributed by atoms with E-state index in [-0.39, 0.29) is 35.8 Å². The Kier molecular flexibility index (Phi) is 38.1. The van der Waals surface area contributed by atoms with Crippen molar-refractivity contribution in [2.45, 2.75) is 139 Å². The highest BCUT2D eigenvalue weighted by Crippen LogP contribution is 2.14. The molecule has 11 atom stereocenters. The van der Waals surface area contributed by atoms with Crippen LogP contribution in [0.2, 0.25) is 0 Å². The number of benzene rings is 1. The first-order chi connectivity index (χ1) is 46.6. The molecule has 0 spiro atoms. The van der Waals surface area contributed by atoms with E-state index in [0.717, 1.165) is 6.92 Å². The SMILES string of the molecule is CSCC[C@H](NC(=O)[C@@H](N)CS)C(=O)N[C@@H](Cc1ccc(O)cc1)C(=O)NCC(=O)NCC(=O)N[C@H](C(=O)N[C@H](C(=O)N[C@@H](CCC(=O)O)C(=O)N[C@@H](Cc1cnc[nH]1)C(=O)N[C@@H](CCC(=O)O)C(=O)NCC(=O)N[C@@H](CC(N)=O)C(=O)NCC(=O)N[C@@H](CS)C(=O)O)[C@@H](C)O)C(C)C. The van der Waals surface area contributed by atoms with Crippen molar-refractivity contribution in [3.8, 4) is 5.75 Å². The van der Waals surface area contributed by atoms with Gasteiger partial charge in [0, 0.05) is 49.1 Å². The fourth-order valence-electron chi connectivity index (χ4n) is 8.53. The Labute approximate surface area is 580 Å².